The van der Waals surface area contributed by atoms with Crippen LogP contribution < -0.4 is 5.32 Å². The van der Waals surface area contributed by atoms with E-state index in [1.54, 1.807) is 0 Å². The molecule has 0 fully saturated rings. The molecule has 2 rings (SSSR count). The summed E-state index contributed by atoms with van der Waals surface area (Å²) >= 11 is 9.51. The van der Waals surface area contributed by atoms with Gasteiger partial charge in [-0.25, -0.2) is 0 Å². The molecule has 0 aliphatic heterocycles. The van der Waals surface area contributed by atoms with Crippen LogP contribution in [-0.4, -0.2) is 0 Å². The SMILES string of the molecule is CC(Nc1ccc(Cl)cc1Br)c1ccc(C(C)(C)C)cc1. The van der Waals surface area contributed by atoms with E-state index in [0.717, 1.165) is 15.2 Å². The standard InChI is InChI=1S/C18H21BrClN/c1-12(21-17-10-9-15(20)11-16(17)19)13-5-7-14(8-6-13)18(2,3)4/h5-12,21H,1-4H3. The van der Waals surface area contributed by atoms with Crippen LogP contribution in [0.1, 0.15) is 44.9 Å². The first-order valence-electron chi connectivity index (χ1n) is 7.09. The Balaban J connectivity index is 2.15. The quantitative estimate of drug-likeness (QED) is 0.647. The van der Waals surface area contributed by atoms with E-state index >= 15 is 0 Å². The van der Waals surface area contributed by atoms with Gasteiger partial charge in [-0.2, -0.15) is 0 Å². The minimum Gasteiger partial charge on any atom is -0.378 e. The Morgan fingerprint density at radius 3 is 2.19 bits per heavy atom. The Morgan fingerprint density at radius 1 is 1.05 bits per heavy atom. The molecule has 112 valence electrons. The third-order valence-corrected chi connectivity index (χ3v) is 4.47. The zero-order valence-corrected chi connectivity index (χ0v) is 15.2. The first-order chi connectivity index (χ1) is 9.77. The van der Waals surface area contributed by atoms with Gasteiger partial charge in [0.05, 0.1) is 0 Å². The van der Waals surface area contributed by atoms with Gasteiger partial charge in [0.2, 0.25) is 0 Å². The zero-order valence-electron chi connectivity index (χ0n) is 12.9. The lowest BCUT2D eigenvalue weighted by Crippen LogP contribution is -2.12. The van der Waals surface area contributed by atoms with E-state index < -0.39 is 0 Å². The Bertz CT molecular complexity index is 614. The average molecular weight is 367 g/mol. The maximum atomic E-state index is 5.97. The number of halogens is 2. The Labute approximate surface area is 140 Å². The van der Waals surface area contributed by atoms with Gasteiger partial charge < -0.3 is 5.32 Å². The predicted octanol–water partition coefficient (Wildman–Crippen LogP) is 6.57. The highest BCUT2D eigenvalue weighted by Crippen LogP contribution is 2.30. The molecule has 0 saturated carbocycles. The topological polar surface area (TPSA) is 12.0 Å². The van der Waals surface area contributed by atoms with Gasteiger partial charge >= 0.3 is 0 Å². The lowest BCUT2D eigenvalue weighted by Gasteiger charge is -2.21. The third-order valence-electron chi connectivity index (χ3n) is 3.58. The van der Waals surface area contributed by atoms with Crippen molar-refractivity contribution in [2.45, 2.75) is 39.2 Å². The van der Waals surface area contributed by atoms with E-state index in [-0.39, 0.29) is 11.5 Å². The van der Waals surface area contributed by atoms with Crippen molar-refractivity contribution in [3.05, 3.63) is 63.1 Å². The van der Waals surface area contributed by atoms with E-state index in [1.165, 1.54) is 11.1 Å². The van der Waals surface area contributed by atoms with E-state index in [9.17, 15) is 0 Å². The highest BCUT2D eigenvalue weighted by atomic mass is 79.9. The zero-order chi connectivity index (χ0) is 15.6. The molecule has 3 heteroatoms. The molecule has 0 saturated heterocycles. The van der Waals surface area contributed by atoms with E-state index in [1.807, 2.05) is 18.2 Å². The molecule has 1 N–H and O–H groups in total. The van der Waals surface area contributed by atoms with Crippen molar-refractivity contribution in [2.75, 3.05) is 5.32 Å². The van der Waals surface area contributed by atoms with Gasteiger partial charge in [-0.1, -0.05) is 56.6 Å². The fraction of sp³-hybridized carbons (Fsp3) is 0.333. The molecule has 1 nitrogen and oxygen atoms in total. The lowest BCUT2D eigenvalue weighted by atomic mass is 9.86. The lowest BCUT2D eigenvalue weighted by molar-refractivity contribution is 0.589. The number of hydrogen-bond acceptors (Lipinski definition) is 1. The van der Waals surface area contributed by atoms with Gasteiger partial charge in [0.15, 0.2) is 0 Å². The van der Waals surface area contributed by atoms with Gasteiger partial charge in [-0.15, -0.1) is 0 Å². The summed E-state index contributed by atoms with van der Waals surface area (Å²) in [6, 6.07) is 14.8. The minimum absolute atomic E-state index is 0.189. The molecule has 0 radical (unpaired) electrons. The summed E-state index contributed by atoms with van der Waals surface area (Å²) in [5, 5.41) is 4.24. The van der Waals surface area contributed by atoms with Gasteiger partial charge in [0.1, 0.15) is 0 Å². The number of benzene rings is 2. The maximum absolute atomic E-state index is 5.97. The fourth-order valence-corrected chi connectivity index (χ4v) is 2.99. The normalized spacial score (nSPS) is 13.0. The number of anilines is 1. The molecule has 0 aliphatic rings. The van der Waals surface area contributed by atoms with Crippen LogP contribution in [0.2, 0.25) is 5.02 Å². The monoisotopic (exact) mass is 365 g/mol. The molecule has 2 aromatic rings. The van der Waals surface area contributed by atoms with Crippen molar-refractivity contribution in [2.24, 2.45) is 0 Å². The van der Waals surface area contributed by atoms with Crippen LogP contribution >= 0.6 is 27.5 Å². The largest absolute Gasteiger partial charge is 0.378 e. The van der Waals surface area contributed by atoms with Crippen LogP contribution in [0.5, 0.6) is 0 Å². The third kappa shape index (κ3) is 4.24. The Kier molecular flexibility index (Phi) is 5.00. The molecule has 1 unspecified atom stereocenters. The van der Waals surface area contributed by atoms with Crippen molar-refractivity contribution in [1.82, 2.24) is 0 Å². The summed E-state index contributed by atoms with van der Waals surface area (Å²) < 4.78 is 0.980. The van der Waals surface area contributed by atoms with E-state index in [4.69, 9.17) is 11.6 Å². The van der Waals surface area contributed by atoms with Crippen LogP contribution in [0.4, 0.5) is 5.69 Å². The second-order valence-corrected chi connectivity index (χ2v) is 7.65. The fourth-order valence-electron chi connectivity index (χ4n) is 2.19. The first kappa shape index (κ1) is 16.4. The maximum Gasteiger partial charge on any atom is 0.0490 e. The van der Waals surface area contributed by atoms with Crippen LogP contribution in [0.3, 0.4) is 0 Å². The minimum atomic E-state index is 0.189. The molecule has 1 atom stereocenters. The highest BCUT2D eigenvalue weighted by molar-refractivity contribution is 9.10. The van der Waals surface area contributed by atoms with Crippen LogP contribution in [0, 0.1) is 0 Å². The molecule has 0 amide bonds. The number of hydrogen-bond donors (Lipinski definition) is 1. The second kappa shape index (κ2) is 6.41. The van der Waals surface area contributed by atoms with Gasteiger partial charge in [-0.05, 0) is 57.6 Å². The smallest absolute Gasteiger partial charge is 0.0490 e. The van der Waals surface area contributed by atoms with Crippen molar-refractivity contribution >= 4 is 33.2 Å². The second-order valence-electron chi connectivity index (χ2n) is 6.36. The van der Waals surface area contributed by atoms with Crippen LogP contribution in [0.15, 0.2) is 46.9 Å². The van der Waals surface area contributed by atoms with Crippen molar-refractivity contribution < 1.29 is 0 Å². The Morgan fingerprint density at radius 2 is 1.67 bits per heavy atom. The van der Waals surface area contributed by atoms with Crippen molar-refractivity contribution in [3.8, 4) is 0 Å². The summed E-state index contributed by atoms with van der Waals surface area (Å²) in [6.07, 6.45) is 0. The van der Waals surface area contributed by atoms with Crippen molar-refractivity contribution in [3.63, 3.8) is 0 Å². The summed E-state index contributed by atoms with van der Waals surface area (Å²) in [5.41, 5.74) is 3.86. The molecular formula is C18H21BrClN. The molecule has 0 bridgehead atoms. The molecule has 0 spiro atoms. The van der Waals surface area contributed by atoms with E-state index in [0.29, 0.717) is 0 Å². The van der Waals surface area contributed by atoms with Gasteiger partial charge in [-0.3, -0.25) is 0 Å². The van der Waals surface area contributed by atoms with Crippen molar-refractivity contribution in [1.29, 1.82) is 0 Å². The number of nitrogens with one attached hydrogen (secondary N) is 1. The average Bonchev–Trinajstić information content (AvgIpc) is 2.41. The molecule has 0 heterocycles. The summed E-state index contributed by atoms with van der Waals surface area (Å²) in [4.78, 5) is 0. The molecular weight excluding hydrogens is 346 g/mol. The molecule has 0 aromatic heterocycles. The molecule has 2 aromatic carbocycles. The van der Waals surface area contributed by atoms with Gasteiger partial charge in [0.25, 0.3) is 0 Å². The molecule has 21 heavy (non-hydrogen) atoms. The van der Waals surface area contributed by atoms with Crippen LogP contribution in [0.25, 0.3) is 0 Å². The first-order valence-corrected chi connectivity index (χ1v) is 8.26. The van der Waals surface area contributed by atoms with Gasteiger partial charge in [0, 0.05) is 21.2 Å². The summed E-state index contributed by atoms with van der Waals surface area (Å²) in [7, 11) is 0. The van der Waals surface area contributed by atoms with E-state index in [2.05, 4.69) is 73.2 Å². The Hall–Kier alpha value is -0.990. The summed E-state index contributed by atoms with van der Waals surface area (Å²) in [6.45, 7) is 8.85. The molecule has 0 aliphatic carbocycles. The predicted molar refractivity (Wildman–Crippen MR) is 96.3 cm³/mol. The summed E-state index contributed by atoms with van der Waals surface area (Å²) in [5.74, 6) is 0. The van der Waals surface area contributed by atoms with Crippen LogP contribution in [-0.2, 0) is 5.41 Å². The highest BCUT2D eigenvalue weighted by Gasteiger charge is 2.14. The number of rotatable bonds is 3.